The molecular weight excluding hydrogens is 526 g/mol. The van der Waals surface area contributed by atoms with Gasteiger partial charge in [0.2, 0.25) is 0 Å². The Kier molecular flexibility index (Phi) is 10.4. The molecule has 0 aromatic rings. The van der Waals surface area contributed by atoms with Gasteiger partial charge in [-0.25, -0.2) is 4.79 Å². The Morgan fingerprint density at radius 2 is 1.55 bits per heavy atom. The molecule has 2 N–H and O–H groups in total. The van der Waals surface area contributed by atoms with Gasteiger partial charge in [-0.15, -0.1) is 0 Å². The van der Waals surface area contributed by atoms with Gasteiger partial charge in [-0.05, 0) is 99.2 Å². The average molecular weight is 592 g/mol. The second-order valence-corrected chi connectivity index (χ2v) is 17.1. The lowest BCUT2D eigenvalue weighted by Gasteiger charge is -2.61. The second-order valence-electron chi connectivity index (χ2n) is 17.1. The number of quaternary nitrogens is 2. The number of rotatable bonds is 11. The SMILES string of the molecule is C/C(=N\OC(=O)N(CCNCC[N+](C)(C)C)CC[N+](C)(C)C)[C@H]1CC[C@H]2[C@@H]3CC[C@@H]4C[C@@H](O)CC[C@]4(C)[C@H]3CC[C@]12C. The summed E-state index contributed by atoms with van der Waals surface area (Å²) in [5.74, 6) is 3.38. The Morgan fingerprint density at radius 3 is 2.24 bits per heavy atom. The van der Waals surface area contributed by atoms with E-state index in [1.165, 1.54) is 38.5 Å². The molecule has 8 heteroatoms. The van der Waals surface area contributed by atoms with E-state index in [9.17, 15) is 9.90 Å². The highest BCUT2D eigenvalue weighted by Gasteiger charge is 2.60. The Balaban J connectivity index is 1.37. The Bertz CT molecular complexity index is 958. The first-order valence-corrected chi connectivity index (χ1v) is 17.0. The van der Waals surface area contributed by atoms with Gasteiger partial charge < -0.3 is 19.4 Å². The van der Waals surface area contributed by atoms with Crippen LogP contribution in [0.1, 0.15) is 78.6 Å². The van der Waals surface area contributed by atoms with Crippen LogP contribution in [0.5, 0.6) is 0 Å². The zero-order valence-corrected chi connectivity index (χ0v) is 28.6. The summed E-state index contributed by atoms with van der Waals surface area (Å²) in [6, 6.07) is 0. The van der Waals surface area contributed by atoms with Crippen LogP contribution in [0.15, 0.2) is 5.16 Å². The highest BCUT2D eigenvalue weighted by atomic mass is 16.7. The maximum Gasteiger partial charge on any atom is 0.436 e. The number of nitrogens with one attached hydrogen (secondary N) is 1. The largest absolute Gasteiger partial charge is 0.436 e. The van der Waals surface area contributed by atoms with Crippen molar-refractivity contribution in [3.63, 3.8) is 0 Å². The third-order valence-electron chi connectivity index (χ3n) is 12.2. The first kappa shape index (κ1) is 33.7. The van der Waals surface area contributed by atoms with Crippen molar-refractivity contribution in [2.75, 3.05) is 81.6 Å². The number of aliphatic hydroxyl groups is 1. The second kappa shape index (κ2) is 13.0. The third kappa shape index (κ3) is 7.70. The van der Waals surface area contributed by atoms with Crippen molar-refractivity contribution < 1.29 is 23.7 Å². The summed E-state index contributed by atoms with van der Waals surface area (Å²) in [5, 5.41) is 18.4. The zero-order valence-electron chi connectivity index (χ0n) is 28.6. The monoisotopic (exact) mass is 592 g/mol. The molecule has 4 aliphatic carbocycles. The predicted molar refractivity (Wildman–Crippen MR) is 171 cm³/mol. The summed E-state index contributed by atoms with van der Waals surface area (Å²) < 4.78 is 1.71. The normalized spacial score (nSPS) is 37.0. The predicted octanol–water partition coefficient (Wildman–Crippen LogP) is 4.82. The van der Waals surface area contributed by atoms with Crippen LogP contribution in [0.3, 0.4) is 0 Å². The number of oxime groups is 1. The smallest absolute Gasteiger partial charge is 0.393 e. The minimum atomic E-state index is -0.328. The molecule has 0 aromatic heterocycles. The van der Waals surface area contributed by atoms with Crippen molar-refractivity contribution in [3.8, 4) is 0 Å². The summed E-state index contributed by atoms with van der Waals surface area (Å²) in [5.41, 5.74) is 1.63. The number of likely N-dealkylation sites (N-methyl/N-ethyl adjacent to an activating group) is 2. The lowest BCUT2D eigenvalue weighted by atomic mass is 9.44. The molecule has 0 unspecified atom stereocenters. The van der Waals surface area contributed by atoms with Crippen molar-refractivity contribution in [1.82, 2.24) is 10.2 Å². The molecule has 4 saturated carbocycles. The van der Waals surface area contributed by atoms with E-state index in [0.717, 1.165) is 77.9 Å². The zero-order chi connectivity index (χ0) is 30.9. The Morgan fingerprint density at radius 1 is 0.881 bits per heavy atom. The van der Waals surface area contributed by atoms with Crippen LogP contribution in [-0.4, -0.2) is 118 Å². The Labute approximate surface area is 257 Å². The van der Waals surface area contributed by atoms with Gasteiger partial charge in [0.25, 0.3) is 0 Å². The number of carbonyl (C=O) groups excluding carboxylic acids is 1. The molecule has 8 nitrogen and oxygen atoms in total. The molecule has 0 bridgehead atoms. The van der Waals surface area contributed by atoms with Crippen LogP contribution in [0.4, 0.5) is 4.79 Å². The van der Waals surface area contributed by atoms with Gasteiger partial charge in [-0.1, -0.05) is 19.0 Å². The van der Waals surface area contributed by atoms with Gasteiger partial charge in [0.05, 0.1) is 73.7 Å². The molecule has 0 saturated heterocycles. The van der Waals surface area contributed by atoms with Gasteiger partial charge in [0.15, 0.2) is 0 Å². The summed E-state index contributed by atoms with van der Waals surface area (Å²) >= 11 is 0. The molecule has 4 aliphatic rings. The van der Waals surface area contributed by atoms with Crippen molar-refractivity contribution in [1.29, 1.82) is 0 Å². The molecule has 1 amide bonds. The molecule has 0 aliphatic heterocycles. The number of amides is 1. The lowest BCUT2D eigenvalue weighted by molar-refractivity contribution is -0.869. The molecule has 242 valence electrons. The topological polar surface area (TPSA) is 74.2 Å². The van der Waals surface area contributed by atoms with Gasteiger partial charge in [-0.3, -0.25) is 9.74 Å². The van der Waals surface area contributed by atoms with E-state index in [0.29, 0.717) is 30.3 Å². The molecule has 0 radical (unpaired) electrons. The Hall–Kier alpha value is -1.22. The van der Waals surface area contributed by atoms with E-state index < -0.39 is 0 Å². The quantitative estimate of drug-likeness (QED) is 0.119. The minimum Gasteiger partial charge on any atom is -0.393 e. The van der Waals surface area contributed by atoms with Crippen LogP contribution in [0.25, 0.3) is 0 Å². The number of hydrogen-bond donors (Lipinski definition) is 2. The van der Waals surface area contributed by atoms with Gasteiger partial charge in [0, 0.05) is 25.6 Å². The van der Waals surface area contributed by atoms with E-state index >= 15 is 0 Å². The standard InChI is InChI=1S/C34H65N5O3/c1-25(36-42-32(41)37(21-23-39(7,8)9)20-18-35-19-22-38(4,5)6)29-12-13-30-28-11-10-26-24-27(40)14-16-33(26,2)31(28)15-17-34(29,30)3/h26-31,35,40H,10-24H2,1-9H3/q+2/b36-25+/t26-,27+,28+,29-,30+,31+,33+,34-/m1/s1. The van der Waals surface area contributed by atoms with Crippen molar-refractivity contribution in [2.45, 2.75) is 84.7 Å². The number of hydrogen-bond acceptors (Lipinski definition) is 5. The first-order valence-electron chi connectivity index (χ1n) is 17.0. The van der Waals surface area contributed by atoms with E-state index in [4.69, 9.17) is 4.84 Å². The van der Waals surface area contributed by atoms with Crippen LogP contribution in [-0.2, 0) is 4.84 Å². The highest BCUT2D eigenvalue weighted by molar-refractivity contribution is 5.85. The third-order valence-corrected chi connectivity index (χ3v) is 12.2. The molecular formula is C34H65N5O3+2. The van der Waals surface area contributed by atoms with Crippen LogP contribution < -0.4 is 5.32 Å². The van der Waals surface area contributed by atoms with Gasteiger partial charge >= 0.3 is 6.09 Å². The molecule has 42 heavy (non-hydrogen) atoms. The van der Waals surface area contributed by atoms with E-state index in [-0.39, 0.29) is 17.6 Å². The fourth-order valence-corrected chi connectivity index (χ4v) is 9.62. The summed E-state index contributed by atoms with van der Waals surface area (Å²) in [6.07, 6.45) is 10.3. The molecule has 0 heterocycles. The molecule has 0 aromatic carbocycles. The molecule has 8 atom stereocenters. The summed E-state index contributed by atoms with van der Waals surface area (Å²) in [6.45, 7) is 12.0. The van der Waals surface area contributed by atoms with E-state index in [2.05, 4.69) is 73.5 Å². The van der Waals surface area contributed by atoms with Crippen molar-refractivity contribution in [2.24, 2.45) is 45.6 Å². The van der Waals surface area contributed by atoms with Crippen LogP contribution in [0, 0.1) is 40.4 Å². The van der Waals surface area contributed by atoms with Crippen LogP contribution in [0.2, 0.25) is 0 Å². The van der Waals surface area contributed by atoms with E-state index in [1.54, 1.807) is 0 Å². The summed E-state index contributed by atoms with van der Waals surface area (Å²) in [4.78, 5) is 20.8. The molecule has 4 rings (SSSR count). The first-order chi connectivity index (χ1) is 19.5. The van der Waals surface area contributed by atoms with Crippen LogP contribution >= 0.6 is 0 Å². The fourth-order valence-electron chi connectivity index (χ4n) is 9.62. The maximum atomic E-state index is 13.3. The number of nitrogens with zero attached hydrogens (tertiary/aromatic N) is 4. The number of fused-ring (bicyclic) bond motifs is 5. The molecule has 4 fully saturated rings. The molecule has 0 spiro atoms. The number of carbonyl (C=O) groups is 1. The fraction of sp³-hybridized carbons (Fsp3) is 0.941. The van der Waals surface area contributed by atoms with Gasteiger partial charge in [0.1, 0.15) is 0 Å². The van der Waals surface area contributed by atoms with Crippen molar-refractivity contribution >= 4 is 11.8 Å². The number of aliphatic hydroxyl groups excluding tert-OH is 1. The maximum absolute atomic E-state index is 13.3. The summed E-state index contributed by atoms with van der Waals surface area (Å²) in [7, 11) is 13.0. The minimum absolute atomic E-state index is 0.0848. The lowest BCUT2D eigenvalue weighted by Crippen LogP contribution is -2.54. The highest BCUT2D eigenvalue weighted by Crippen LogP contribution is 2.67. The van der Waals surface area contributed by atoms with Gasteiger partial charge in [-0.2, -0.15) is 0 Å². The van der Waals surface area contributed by atoms with E-state index in [1.807, 2.05) is 4.90 Å². The van der Waals surface area contributed by atoms with Crippen molar-refractivity contribution in [3.05, 3.63) is 0 Å². The average Bonchev–Trinajstić information content (AvgIpc) is 3.25.